The van der Waals surface area contributed by atoms with Gasteiger partial charge in [-0.25, -0.2) is 4.98 Å². The van der Waals surface area contributed by atoms with Crippen molar-refractivity contribution in [2.45, 2.75) is 20.8 Å². The summed E-state index contributed by atoms with van der Waals surface area (Å²) in [6.07, 6.45) is 0. The van der Waals surface area contributed by atoms with E-state index < -0.39 is 0 Å². The van der Waals surface area contributed by atoms with Gasteiger partial charge in [0.15, 0.2) is 0 Å². The highest BCUT2D eigenvalue weighted by Gasteiger charge is 2.20. The Balaban J connectivity index is 2.26. The lowest BCUT2D eigenvalue weighted by Gasteiger charge is -2.35. The minimum Gasteiger partial charge on any atom is -0.353 e. The maximum absolute atomic E-state index is 9.29. The first-order valence-corrected chi connectivity index (χ1v) is 6.51. The van der Waals surface area contributed by atoms with E-state index in [1.54, 1.807) is 0 Å². The van der Waals surface area contributed by atoms with Crippen molar-refractivity contribution < 1.29 is 0 Å². The summed E-state index contributed by atoms with van der Waals surface area (Å²) in [5, 5.41) is 9.29. The Kier molecular flexibility index (Phi) is 3.83. The van der Waals surface area contributed by atoms with Gasteiger partial charge in [0, 0.05) is 31.9 Å². The molecule has 1 aromatic rings. The first-order chi connectivity index (χ1) is 8.65. The van der Waals surface area contributed by atoms with E-state index in [2.05, 4.69) is 27.8 Å². The predicted molar refractivity (Wildman–Crippen MR) is 72.8 cm³/mol. The highest BCUT2D eigenvalue weighted by Crippen LogP contribution is 2.22. The summed E-state index contributed by atoms with van der Waals surface area (Å²) in [7, 11) is 0. The summed E-state index contributed by atoms with van der Waals surface area (Å²) >= 11 is 0. The second-order valence-corrected chi connectivity index (χ2v) is 4.81. The fourth-order valence-corrected chi connectivity index (χ4v) is 2.46. The van der Waals surface area contributed by atoms with Crippen molar-refractivity contribution >= 4 is 5.82 Å². The molecular formula is C14H20N4. The van der Waals surface area contributed by atoms with Crippen molar-refractivity contribution in [3.8, 4) is 6.07 Å². The standard InChI is InChI=1S/C14H20N4/c1-4-17-5-7-18(8-6-17)14-13(10-15)11(2)9-12(3)16-14/h9H,4-8H2,1-3H3. The van der Waals surface area contributed by atoms with Crippen LogP contribution in [0.2, 0.25) is 0 Å². The van der Waals surface area contributed by atoms with Crippen molar-refractivity contribution in [1.29, 1.82) is 5.26 Å². The molecule has 0 radical (unpaired) electrons. The smallest absolute Gasteiger partial charge is 0.147 e. The Labute approximate surface area is 109 Å². The van der Waals surface area contributed by atoms with Crippen molar-refractivity contribution in [3.63, 3.8) is 0 Å². The molecular weight excluding hydrogens is 224 g/mol. The first kappa shape index (κ1) is 12.8. The highest BCUT2D eigenvalue weighted by atomic mass is 15.3. The molecule has 0 saturated carbocycles. The van der Waals surface area contributed by atoms with Crippen LogP contribution in [0.25, 0.3) is 0 Å². The quantitative estimate of drug-likeness (QED) is 0.794. The first-order valence-electron chi connectivity index (χ1n) is 6.51. The third kappa shape index (κ3) is 2.46. The summed E-state index contributed by atoms with van der Waals surface area (Å²) in [4.78, 5) is 9.23. The molecule has 1 saturated heterocycles. The molecule has 0 aliphatic carbocycles. The number of nitriles is 1. The van der Waals surface area contributed by atoms with Crippen molar-refractivity contribution in [2.75, 3.05) is 37.6 Å². The SMILES string of the molecule is CCN1CCN(c2nc(C)cc(C)c2C#N)CC1. The topological polar surface area (TPSA) is 43.2 Å². The molecule has 0 aromatic carbocycles. The van der Waals surface area contributed by atoms with Gasteiger partial charge in [-0.05, 0) is 32.0 Å². The highest BCUT2D eigenvalue weighted by molar-refractivity contribution is 5.58. The molecule has 0 amide bonds. The average molecular weight is 244 g/mol. The third-order valence-corrected chi connectivity index (χ3v) is 3.56. The Bertz CT molecular complexity index is 467. The van der Waals surface area contributed by atoms with E-state index in [9.17, 15) is 5.26 Å². The molecule has 0 atom stereocenters. The van der Waals surface area contributed by atoms with Gasteiger partial charge in [0.2, 0.25) is 0 Å². The molecule has 0 N–H and O–H groups in total. The number of hydrogen-bond donors (Lipinski definition) is 0. The van der Waals surface area contributed by atoms with Gasteiger partial charge in [0.1, 0.15) is 11.9 Å². The summed E-state index contributed by atoms with van der Waals surface area (Å²) in [6.45, 7) is 11.3. The van der Waals surface area contributed by atoms with Crippen LogP contribution in [0.15, 0.2) is 6.07 Å². The largest absolute Gasteiger partial charge is 0.353 e. The van der Waals surface area contributed by atoms with Crippen LogP contribution in [0.1, 0.15) is 23.7 Å². The Hall–Kier alpha value is -1.60. The van der Waals surface area contributed by atoms with Gasteiger partial charge in [0.25, 0.3) is 0 Å². The molecule has 4 nitrogen and oxygen atoms in total. The predicted octanol–water partition coefficient (Wildman–Crippen LogP) is 1.71. The monoisotopic (exact) mass is 244 g/mol. The number of hydrogen-bond acceptors (Lipinski definition) is 4. The van der Waals surface area contributed by atoms with Crippen LogP contribution in [-0.4, -0.2) is 42.6 Å². The van der Waals surface area contributed by atoms with Gasteiger partial charge in [-0.1, -0.05) is 6.92 Å². The van der Waals surface area contributed by atoms with Crippen LogP contribution >= 0.6 is 0 Å². The van der Waals surface area contributed by atoms with Gasteiger partial charge in [0.05, 0.1) is 5.56 Å². The van der Waals surface area contributed by atoms with E-state index in [1.807, 2.05) is 19.9 Å². The molecule has 1 aliphatic rings. The molecule has 1 fully saturated rings. The zero-order valence-electron chi connectivity index (χ0n) is 11.4. The normalized spacial score (nSPS) is 16.7. The Morgan fingerprint density at radius 1 is 1.28 bits per heavy atom. The number of rotatable bonds is 2. The van der Waals surface area contributed by atoms with Crippen LogP contribution in [0.4, 0.5) is 5.82 Å². The van der Waals surface area contributed by atoms with Gasteiger partial charge in [-0.2, -0.15) is 5.26 Å². The van der Waals surface area contributed by atoms with Crippen LogP contribution in [0.3, 0.4) is 0 Å². The molecule has 0 bridgehead atoms. The molecule has 18 heavy (non-hydrogen) atoms. The van der Waals surface area contributed by atoms with E-state index >= 15 is 0 Å². The zero-order valence-corrected chi connectivity index (χ0v) is 11.4. The lowest BCUT2D eigenvalue weighted by molar-refractivity contribution is 0.270. The molecule has 2 heterocycles. The molecule has 1 aliphatic heterocycles. The van der Waals surface area contributed by atoms with Crippen LogP contribution in [-0.2, 0) is 0 Å². The number of piperazine rings is 1. The van der Waals surface area contributed by atoms with E-state index in [0.29, 0.717) is 0 Å². The van der Waals surface area contributed by atoms with Gasteiger partial charge >= 0.3 is 0 Å². The van der Waals surface area contributed by atoms with E-state index in [0.717, 1.165) is 55.4 Å². The van der Waals surface area contributed by atoms with Crippen LogP contribution in [0, 0.1) is 25.2 Å². The number of pyridine rings is 1. The van der Waals surface area contributed by atoms with Crippen LogP contribution < -0.4 is 4.90 Å². The molecule has 0 unspecified atom stereocenters. The van der Waals surface area contributed by atoms with Crippen molar-refractivity contribution in [3.05, 3.63) is 22.9 Å². The number of aromatic nitrogens is 1. The minimum atomic E-state index is 0.727. The molecule has 96 valence electrons. The maximum Gasteiger partial charge on any atom is 0.147 e. The fourth-order valence-electron chi connectivity index (χ4n) is 2.46. The Morgan fingerprint density at radius 2 is 1.94 bits per heavy atom. The maximum atomic E-state index is 9.29. The second kappa shape index (κ2) is 5.36. The van der Waals surface area contributed by atoms with E-state index in [-0.39, 0.29) is 0 Å². The number of likely N-dealkylation sites (N-methyl/N-ethyl adjacent to an activating group) is 1. The molecule has 4 heteroatoms. The number of nitrogens with zero attached hydrogens (tertiary/aromatic N) is 4. The van der Waals surface area contributed by atoms with Gasteiger partial charge in [-0.3, -0.25) is 0 Å². The second-order valence-electron chi connectivity index (χ2n) is 4.81. The Morgan fingerprint density at radius 3 is 2.50 bits per heavy atom. The average Bonchev–Trinajstić information content (AvgIpc) is 2.38. The molecule has 1 aromatic heterocycles. The summed E-state index contributed by atoms with van der Waals surface area (Å²) in [5.41, 5.74) is 2.74. The summed E-state index contributed by atoms with van der Waals surface area (Å²) < 4.78 is 0. The lowest BCUT2D eigenvalue weighted by Crippen LogP contribution is -2.46. The number of anilines is 1. The molecule has 2 rings (SSSR count). The van der Waals surface area contributed by atoms with Crippen molar-refractivity contribution in [1.82, 2.24) is 9.88 Å². The zero-order chi connectivity index (χ0) is 13.1. The van der Waals surface area contributed by atoms with Crippen molar-refractivity contribution in [2.24, 2.45) is 0 Å². The minimum absolute atomic E-state index is 0.727. The van der Waals surface area contributed by atoms with E-state index in [1.165, 1.54) is 0 Å². The lowest BCUT2D eigenvalue weighted by atomic mass is 10.1. The summed E-state index contributed by atoms with van der Waals surface area (Å²) in [6, 6.07) is 4.27. The van der Waals surface area contributed by atoms with Gasteiger partial charge < -0.3 is 9.80 Å². The fraction of sp³-hybridized carbons (Fsp3) is 0.571. The number of aryl methyl sites for hydroxylation is 2. The van der Waals surface area contributed by atoms with E-state index in [4.69, 9.17) is 0 Å². The third-order valence-electron chi connectivity index (χ3n) is 3.56. The molecule has 0 spiro atoms. The van der Waals surface area contributed by atoms with Gasteiger partial charge in [-0.15, -0.1) is 0 Å². The van der Waals surface area contributed by atoms with Crippen LogP contribution in [0.5, 0.6) is 0 Å². The summed E-state index contributed by atoms with van der Waals surface area (Å²) in [5.74, 6) is 0.866.